The molecule has 1 aromatic carbocycles. The van der Waals surface area contributed by atoms with E-state index in [2.05, 4.69) is 10.6 Å². The van der Waals surface area contributed by atoms with Gasteiger partial charge in [0.25, 0.3) is 0 Å². The number of nitriles is 1. The summed E-state index contributed by atoms with van der Waals surface area (Å²) in [5.74, 6) is -1.75. The van der Waals surface area contributed by atoms with E-state index in [9.17, 15) is 14.7 Å². The molecule has 24 heavy (non-hydrogen) atoms. The minimum atomic E-state index is -0.903. The third kappa shape index (κ3) is 4.80. The van der Waals surface area contributed by atoms with Crippen LogP contribution in [0.2, 0.25) is 5.02 Å². The Morgan fingerprint density at radius 3 is 2.79 bits per heavy atom. The zero-order valence-corrected chi connectivity index (χ0v) is 14.0. The molecule has 0 fully saturated rings. The van der Waals surface area contributed by atoms with Crippen LogP contribution in [-0.2, 0) is 9.59 Å². The van der Waals surface area contributed by atoms with Gasteiger partial charge in [-0.25, -0.2) is 0 Å². The Hall–Kier alpha value is -2.40. The van der Waals surface area contributed by atoms with Gasteiger partial charge in [-0.3, -0.25) is 9.59 Å². The summed E-state index contributed by atoms with van der Waals surface area (Å²) >= 11 is 7.23. The first-order valence-corrected chi connectivity index (χ1v) is 8.27. The molecule has 2 rings (SSSR count). The van der Waals surface area contributed by atoms with Gasteiger partial charge in [-0.15, -0.1) is 11.3 Å². The molecule has 0 radical (unpaired) electrons. The number of nitrogens with one attached hydrogen (secondary N) is 2. The Morgan fingerprint density at radius 2 is 2.12 bits per heavy atom. The van der Waals surface area contributed by atoms with E-state index in [1.165, 1.54) is 29.5 Å². The van der Waals surface area contributed by atoms with Gasteiger partial charge in [0, 0.05) is 16.4 Å². The maximum absolute atomic E-state index is 11.9. The summed E-state index contributed by atoms with van der Waals surface area (Å²) in [6, 6.07) is 9.89. The third-order valence-electron chi connectivity index (χ3n) is 3.13. The number of halogens is 1. The van der Waals surface area contributed by atoms with Crippen LogP contribution in [0.25, 0.3) is 0 Å². The van der Waals surface area contributed by atoms with Crippen molar-refractivity contribution in [2.45, 2.75) is 12.5 Å². The lowest BCUT2D eigenvalue weighted by molar-refractivity contribution is -0.136. The van der Waals surface area contributed by atoms with Crippen molar-refractivity contribution in [1.82, 2.24) is 5.32 Å². The molecule has 1 heterocycles. The molecule has 0 saturated heterocycles. The Balaban J connectivity index is 1.86. The Labute approximate surface area is 147 Å². The normalized spacial score (nSPS) is 11.4. The quantitative estimate of drug-likeness (QED) is 0.710. The largest absolute Gasteiger partial charge is 0.388 e. The topological polar surface area (TPSA) is 102 Å². The van der Waals surface area contributed by atoms with Crippen LogP contribution in [0.1, 0.15) is 23.0 Å². The van der Waals surface area contributed by atoms with E-state index in [0.29, 0.717) is 11.4 Å². The number of amides is 2. The number of rotatable bonds is 5. The first-order chi connectivity index (χ1) is 11.5. The van der Waals surface area contributed by atoms with Gasteiger partial charge in [0.1, 0.15) is 6.07 Å². The number of aliphatic hydroxyl groups excluding tert-OH is 1. The molecule has 1 aromatic heterocycles. The highest BCUT2D eigenvalue weighted by Gasteiger charge is 2.16. The molecule has 124 valence electrons. The number of carbonyl (C=O) groups is 2. The van der Waals surface area contributed by atoms with Crippen molar-refractivity contribution in [1.29, 1.82) is 5.26 Å². The summed E-state index contributed by atoms with van der Waals surface area (Å²) in [7, 11) is 0. The summed E-state index contributed by atoms with van der Waals surface area (Å²) < 4.78 is 0. The first-order valence-electron chi connectivity index (χ1n) is 7.01. The smallest absolute Gasteiger partial charge is 0.313 e. The summed E-state index contributed by atoms with van der Waals surface area (Å²) in [4.78, 5) is 24.4. The van der Waals surface area contributed by atoms with Crippen LogP contribution in [0.4, 0.5) is 5.69 Å². The number of hydrogen-bond acceptors (Lipinski definition) is 5. The van der Waals surface area contributed by atoms with Crippen molar-refractivity contribution >= 4 is 40.4 Å². The molecular weight excluding hydrogens is 350 g/mol. The molecule has 2 aromatic rings. The second-order valence-electron chi connectivity index (χ2n) is 4.83. The molecule has 0 aliphatic carbocycles. The van der Waals surface area contributed by atoms with Crippen LogP contribution in [0.3, 0.4) is 0 Å². The number of anilines is 1. The molecule has 2 amide bonds. The predicted molar refractivity (Wildman–Crippen MR) is 91.7 cm³/mol. The molecule has 6 nitrogen and oxygen atoms in total. The highest BCUT2D eigenvalue weighted by molar-refractivity contribution is 7.10. The van der Waals surface area contributed by atoms with E-state index in [0.717, 1.165) is 4.88 Å². The van der Waals surface area contributed by atoms with Crippen molar-refractivity contribution in [3.8, 4) is 6.07 Å². The Morgan fingerprint density at radius 1 is 1.33 bits per heavy atom. The number of nitrogens with zero attached hydrogens (tertiary/aromatic N) is 1. The molecule has 0 bridgehead atoms. The van der Waals surface area contributed by atoms with Crippen molar-refractivity contribution < 1.29 is 14.7 Å². The van der Waals surface area contributed by atoms with Crippen LogP contribution < -0.4 is 10.6 Å². The van der Waals surface area contributed by atoms with Gasteiger partial charge >= 0.3 is 11.8 Å². The molecule has 3 N–H and O–H groups in total. The fourth-order valence-corrected chi connectivity index (χ4v) is 2.84. The molecule has 0 aliphatic heterocycles. The lowest BCUT2D eigenvalue weighted by atomic mass is 10.2. The van der Waals surface area contributed by atoms with Crippen LogP contribution in [0, 0.1) is 11.3 Å². The van der Waals surface area contributed by atoms with Gasteiger partial charge in [0.15, 0.2) is 0 Å². The highest BCUT2D eigenvalue weighted by Crippen LogP contribution is 2.21. The lowest BCUT2D eigenvalue weighted by Gasteiger charge is -2.10. The average molecular weight is 364 g/mol. The van der Waals surface area contributed by atoms with Crippen molar-refractivity contribution in [3.63, 3.8) is 0 Å². The summed E-state index contributed by atoms with van der Waals surface area (Å²) in [6.07, 6.45) is -0.397. The van der Waals surface area contributed by atoms with Gasteiger partial charge in [-0.2, -0.15) is 5.26 Å². The number of aliphatic hydroxyl groups is 1. The third-order valence-corrected chi connectivity index (χ3v) is 4.34. The van der Waals surface area contributed by atoms with Crippen molar-refractivity contribution in [2.24, 2.45) is 0 Å². The van der Waals surface area contributed by atoms with Crippen LogP contribution >= 0.6 is 22.9 Å². The van der Waals surface area contributed by atoms with E-state index in [4.69, 9.17) is 16.9 Å². The maximum Gasteiger partial charge on any atom is 0.313 e. The van der Waals surface area contributed by atoms with Gasteiger partial charge in [0.05, 0.1) is 17.4 Å². The molecule has 1 atom stereocenters. The van der Waals surface area contributed by atoms with Gasteiger partial charge in [-0.1, -0.05) is 17.7 Å². The fourth-order valence-electron chi connectivity index (χ4n) is 1.92. The molecule has 0 spiro atoms. The van der Waals surface area contributed by atoms with Crippen LogP contribution in [0.5, 0.6) is 0 Å². The minimum Gasteiger partial charge on any atom is -0.388 e. The van der Waals surface area contributed by atoms with Crippen LogP contribution in [0.15, 0.2) is 35.7 Å². The van der Waals surface area contributed by atoms with Crippen molar-refractivity contribution in [2.75, 3.05) is 11.9 Å². The van der Waals surface area contributed by atoms with E-state index in [1.807, 2.05) is 17.5 Å². The SMILES string of the molecule is N#Cc1ccc(Cl)cc1NC(=O)C(=O)NCCC(O)c1cccs1. The summed E-state index contributed by atoms with van der Waals surface area (Å²) in [5, 5.41) is 25.8. The number of carbonyl (C=O) groups excluding carboxylic acids is 2. The average Bonchev–Trinajstić information content (AvgIpc) is 3.09. The first kappa shape index (κ1) is 17.9. The standard InChI is InChI=1S/C16H14ClN3O3S/c17-11-4-3-10(9-18)12(8-11)20-16(23)15(22)19-6-5-13(21)14-2-1-7-24-14/h1-4,7-8,13,21H,5-6H2,(H,19,22)(H,20,23). The molecule has 1 unspecified atom stereocenters. The lowest BCUT2D eigenvalue weighted by Crippen LogP contribution is -2.36. The van der Waals surface area contributed by atoms with Gasteiger partial charge in [-0.05, 0) is 36.1 Å². The molecule has 8 heteroatoms. The molecular formula is C16H14ClN3O3S. The monoisotopic (exact) mass is 363 g/mol. The highest BCUT2D eigenvalue weighted by atomic mass is 35.5. The number of benzene rings is 1. The zero-order valence-electron chi connectivity index (χ0n) is 12.5. The van der Waals surface area contributed by atoms with Gasteiger partial charge < -0.3 is 15.7 Å². The van der Waals surface area contributed by atoms with E-state index < -0.39 is 17.9 Å². The minimum absolute atomic E-state index is 0.145. The van der Waals surface area contributed by atoms with Gasteiger partial charge in [0.2, 0.25) is 0 Å². The second-order valence-corrected chi connectivity index (χ2v) is 6.25. The second kappa shape index (κ2) is 8.45. The summed E-state index contributed by atoms with van der Waals surface area (Å²) in [6.45, 7) is 0.145. The van der Waals surface area contributed by atoms with Crippen LogP contribution in [-0.4, -0.2) is 23.5 Å². The van der Waals surface area contributed by atoms with Crippen molar-refractivity contribution in [3.05, 3.63) is 51.2 Å². The maximum atomic E-state index is 11.9. The fraction of sp³-hybridized carbons (Fsp3) is 0.188. The summed E-state index contributed by atoms with van der Waals surface area (Å²) in [5.41, 5.74) is 0.373. The van der Waals surface area contributed by atoms with E-state index >= 15 is 0 Å². The number of thiophene rings is 1. The Kier molecular flexibility index (Phi) is 6.32. The molecule has 0 aliphatic rings. The zero-order chi connectivity index (χ0) is 17.5. The van der Waals surface area contributed by atoms with E-state index in [1.54, 1.807) is 6.07 Å². The molecule has 0 saturated carbocycles. The Bertz CT molecular complexity index is 771. The predicted octanol–water partition coefficient (Wildman–Crippen LogP) is 2.45. The van der Waals surface area contributed by atoms with E-state index in [-0.39, 0.29) is 17.8 Å². The number of hydrogen-bond donors (Lipinski definition) is 3.